The van der Waals surface area contributed by atoms with Gasteiger partial charge in [0.05, 0.1) is 16.9 Å². The van der Waals surface area contributed by atoms with E-state index >= 15 is 0 Å². The quantitative estimate of drug-likeness (QED) is 0.878. The molecule has 0 radical (unpaired) electrons. The maximum atomic E-state index is 12.9. The van der Waals surface area contributed by atoms with E-state index in [-0.39, 0.29) is 5.69 Å². The third-order valence-corrected chi connectivity index (χ3v) is 3.49. The summed E-state index contributed by atoms with van der Waals surface area (Å²) < 4.78 is 44.3. The van der Waals surface area contributed by atoms with Crippen LogP contribution in [0.1, 0.15) is 12.5 Å². The molecule has 134 valence electrons. The lowest BCUT2D eigenvalue weighted by atomic mass is 10.1. The minimum Gasteiger partial charge on any atom is -0.481 e. The van der Waals surface area contributed by atoms with E-state index in [2.05, 4.69) is 5.32 Å². The third-order valence-electron chi connectivity index (χ3n) is 3.49. The van der Waals surface area contributed by atoms with Crippen molar-refractivity contribution in [2.75, 3.05) is 24.3 Å². The normalized spacial score (nSPS) is 12.4. The molecule has 2 rings (SSSR count). The highest BCUT2D eigenvalue weighted by Gasteiger charge is 2.31. The van der Waals surface area contributed by atoms with Gasteiger partial charge in [0.15, 0.2) is 6.10 Å². The standard InChI is InChI=1S/C18H19F3N2O2/c1-12(25-14-7-5-4-6-8-14)17(24)22-15-11-13(18(19,20)21)9-10-16(15)23(2)3/h4-12H,1-3H3,(H,22,24)/t12-/m0/s1. The number of amides is 1. The molecule has 0 saturated carbocycles. The Hall–Kier alpha value is -2.70. The van der Waals surface area contributed by atoms with Crippen LogP contribution in [-0.4, -0.2) is 26.1 Å². The summed E-state index contributed by atoms with van der Waals surface area (Å²) in [7, 11) is 3.37. The number of nitrogens with one attached hydrogen (secondary N) is 1. The Balaban J connectivity index is 2.20. The van der Waals surface area contributed by atoms with Crippen molar-refractivity contribution < 1.29 is 22.7 Å². The van der Waals surface area contributed by atoms with Crippen LogP contribution in [0.2, 0.25) is 0 Å². The molecule has 0 bridgehead atoms. The molecule has 0 spiro atoms. The van der Waals surface area contributed by atoms with Gasteiger partial charge in [0.1, 0.15) is 5.75 Å². The Kier molecular flexibility index (Phi) is 5.56. The number of hydrogen-bond donors (Lipinski definition) is 1. The van der Waals surface area contributed by atoms with Crippen LogP contribution in [-0.2, 0) is 11.0 Å². The first-order valence-corrected chi connectivity index (χ1v) is 7.59. The van der Waals surface area contributed by atoms with E-state index in [4.69, 9.17) is 4.74 Å². The van der Waals surface area contributed by atoms with Gasteiger partial charge in [0, 0.05) is 14.1 Å². The Morgan fingerprint density at radius 2 is 1.76 bits per heavy atom. The SMILES string of the molecule is C[C@H](Oc1ccccc1)C(=O)Nc1cc(C(F)(F)F)ccc1N(C)C. The molecule has 0 fully saturated rings. The van der Waals surface area contributed by atoms with Crippen LogP contribution in [0.5, 0.6) is 5.75 Å². The molecule has 0 aliphatic rings. The first-order chi connectivity index (χ1) is 11.7. The van der Waals surface area contributed by atoms with Crippen molar-refractivity contribution in [3.8, 4) is 5.75 Å². The minimum atomic E-state index is -4.49. The molecule has 4 nitrogen and oxygen atoms in total. The number of para-hydroxylation sites is 1. The predicted molar refractivity (Wildman–Crippen MR) is 90.9 cm³/mol. The molecular weight excluding hydrogens is 333 g/mol. The van der Waals surface area contributed by atoms with Gasteiger partial charge in [-0.05, 0) is 37.3 Å². The summed E-state index contributed by atoms with van der Waals surface area (Å²) in [5.74, 6) is -0.0340. The lowest BCUT2D eigenvalue weighted by Crippen LogP contribution is -2.31. The number of nitrogens with zero attached hydrogens (tertiary/aromatic N) is 1. The number of anilines is 2. The first-order valence-electron chi connectivity index (χ1n) is 7.59. The van der Waals surface area contributed by atoms with E-state index < -0.39 is 23.8 Å². The van der Waals surface area contributed by atoms with E-state index in [9.17, 15) is 18.0 Å². The van der Waals surface area contributed by atoms with Gasteiger partial charge in [-0.15, -0.1) is 0 Å². The van der Waals surface area contributed by atoms with E-state index in [1.807, 2.05) is 6.07 Å². The van der Waals surface area contributed by atoms with Crippen LogP contribution in [0.4, 0.5) is 24.5 Å². The fraction of sp³-hybridized carbons (Fsp3) is 0.278. The van der Waals surface area contributed by atoms with E-state index in [1.165, 1.54) is 13.0 Å². The van der Waals surface area contributed by atoms with Gasteiger partial charge in [0.25, 0.3) is 5.91 Å². The second kappa shape index (κ2) is 7.46. The monoisotopic (exact) mass is 352 g/mol. The number of alkyl halides is 3. The molecule has 1 atom stereocenters. The fourth-order valence-corrected chi connectivity index (χ4v) is 2.19. The molecule has 7 heteroatoms. The molecule has 0 unspecified atom stereocenters. The van der Waals surface area contributed by atoms with Crippen LogP contribution in [0.15, 0.2) is 48.5 Å². The fourth-order valence-electron chi connectivity index (χ4n) is 2.19. The van der Waals surface area contributed by atoms with Gasteiger partial charge in [-0.2, -0.15) is 13.2 Å². The number of halogens is 3. The maximum Gasteiger partial charge on any atom is 0.416 e. The Morgan fingerprint density at radius 1 is 1.12 bits per heavy atom. The second-order valence-corrected chi connectivity index (χ2v) is 5.69. The van der Waals surface area contributed by atoms with E-state index in [0.717, 1.165) is 12.1 Å². The second-order valence-electron chi connectivity index (χ2n) is 5.69. The van der Waals surface area contributed by atoms with E-state index in [0.29, 0.717) is 11.4 Å². The molecule has 0 aliphatic carbocycles. The molecule has 0 aromatic heterocycles. The third kappa shape index (κ3) is 4.89. The Morgan fingerprint density at radius 3 is 2.32 bits per heavy atom. The Labute approximate surface area is 144 Å². The molecule has 25 heavy (non-hydrogen) atoms. The summed E-state index contributed by atoms with van der Waals surface area (Å²) >= 11 is 0. The highest BCUT2D eigenvalue weighted by Crippen LogP contribution is 2.35. The minimum absolute atomic E-state index is 0.0772. The van der Waals surface area contributed by atoms with Gasteiger partial charge in [-0.1, -0.05) is 18.2 Å². The highest BCUT2D eigenvalue weighted by molar-refractivity contribution is 5.97. The number of rotatable bonds is 5. The van der Waals surface area contributed by atoms with Crippen molar-refractivity contribution in [2.45, 2.75) is 19.2 Å². The van der Waals surface area contributed by atoms with Gasteiger partial charge < -0.3 is 15.0 Å². The van der Waals surface area contributed by atoms with Gasteiger partial charge in [0.2, 0.25) is 0 Å². The highest BCUT2D eigenvalue weighted by atomic mass is 19.4. The average Bonchev–Trinajstić information content (AvgIpc) is 2.54. The van der Waals surface area contributed by atoms with Gasteiger partial charge in [-0.25, -0.2) is 0 Å². The number of benzene rings is 2. The van der Waals surface area contributed by atoms with Crippen LogP contribution in [0.25, 0.3) is 0 Å². The van der Waals surface area contributed by atoms with Gasteiger partial charge in [-0.3, -0.25) is 4.79 Å². The van der Waals surface area contributed by atoms with Crippen LogP contribution in [0, 0.1) is 0 Å². The predicted octanol–water partition coefficient (Wildman–Crippen LogP) is 4.18. The zero-order chi connectivity index (χ0) is 18.6. The number of ether oxygens (including phenoxy) is 1. The topological polar surface area (TPSA) is 41.6 Å². The largest absolute Gasteiger partial charge is 0.481 e. The average molecular weight is 352 g/mol. The van der Waals surface area contributed by atoms with Crippen molar-refractivity contribution >= 4 is 17.3 Å². The molecular formula is C18H19F3N2O2. The smallest absolute Gasteiger partial charge is 0.416 e. The van der Waals surface area contributed by atoms with Gasteiger partial charge >= 0.3 is 6.18 Å². The van der Waals surface area contributed by atoms with E-state index in [1.54, 1.807) is 43.3 Å². The Bertz CT molecular complexity index is 731. The van der Waals surface area contributed by atoms with Crippen LogP contribution >= 0.6 is 0 Å². The zero-order valence-electron chi connectivity index (χ0n) is 14.1. The molecule has 2 aromatic carbocycles. The van der Waals surface area contributed by atoms with Crippen molar-refractivity contribution in [2.24, 2.45) is 0 Å². The van der Waals surface area contributed by atoms with Crippen molar-refractivity contribution in [1.82, 2.24) is 0 Å². The van der Waals surface area contributed by atoms with Crippen molar-refractivity contribution in [3.05, 3.63) is 54.1 Å². The van der Waals surface area contributed by atoms with Crippen molar-refractivity contribution in [1.29, 1.82) is 0 Å². The maximum absolute atomic E-state index is 12.9. The summed E-state index contributed by atoms with van der Waals surface area (Å²) in [6, 6.07) is 11.9. The summed E-state index contributed by atoms with van der Waals surface area (Å²) in [5, 5.41) is 2.52. The molecule has 2 aromatic rings. The summed E-state index contributed by atoms with van der Waals surface area (Å²) in [5.41, 5.74) is -0.286. The van der Waals surface area contributed by atoms with Crippen LogP contribution in [0.3, 0.4) is 0 Å². The molecule has 0 saturated heterocycles. The number of hydrogen-bond acceptors (Lipinski definition) is 3. The molecule has 0 heterocycles. The number of carbonyl (C=O) groups is 1. The lowest BCUT2D eigenvalue weighted by molar-refractivity contribution is -0.137. The van der Waals surface area contributed by atoms with Crippen molar-refractivity contribution in [3.63, 3.8) is 0 Å². The summed E-state index contributed by atoms with van der Waals surface area (Å²) in [4.78, 5) is 13.9. The molecule has 1 N–H and O–H groups in total. The first kappa shape index (κ1) is 18.6. The lowest BCUT2D eigenvalue weighted by Gasteiger charge is -2.21. The molecule has 1 amide bonds. The summed E-state index contributed by atoms with van der Waals surface area (Å²) in [6.07, 6.45) is -5.36. The zero-order valence-corrected chi connectivity index (χ0v) is 14.1. The summed E-state index contributed by atoms with van der Waals surface area (Å²) in [6.45, 7) is 1.53. The molecule has 0 aliphatic heterocycles. The number of carbonyl (C=O) groups excluding carboxylic acids is 1. The van der Waals surface area contributed by atoms with Crippen LogP contribution < -0.4 is 15.0 Å².